The van der Waals surface area contributed by atoms with E-state index in [1.807, 2.05) is 60.7 Å². The fraction of sp³-hybridized carbons (Fsp3) is 0.143. The lowest BCUT2D eigenvalue weighted by Gasteiger charge is -2.30. The minimum Gasteiger partial charge on any atom is -0.464 e. The van der Waals surface area contributed by atoms with Crippen molar-refractivity contribution in [1.82, 2.24) is 0 Å². The van der Waals surface area contributed by atoms with E-state index in [2.05, 4.69) is 10.6 Å². The first-order valence-corrected chi connectivity index (χ1v) is 11.6. The van der Waals surface area contributed by atoms with Gasteiger partial charge in [0.2, 0.25) is 0 Å². The SMILES string of the molecule is O=C1C[C@@H](c2ccccc2Cl)CC2=C1[C@@H](c1coc3ccccc3c1=O)Nc1ccccc1N2. The largest absolute Gasteiger partial charge is 0.464 e. The number of carbonyl (C=O) groups excluding carboxylic acids is 1. The third kappa shape index (κ3) is 3.40. The molecule has 0 spiro atoms. The molecule has 2 heterocycles. The summed E-state index contributed by atoms with van der Waals surface area (Å²) in [7, 11) is 0. The Morgan fingerprint density at radius 2 is 1.56 bits per heavy atom. The van der Waals surface area contributed by atoms with Crippen LogP contribution in [0.3, 0.4) is 0 Å². The van der Waals surface area contributed by atoms with Crippen molar-refractivity contribution >= 4 is 39.7 Å². The Kier molecular flexibility index (Phi) is 5.00. The normalized spacial score (nSPS) is 19.6. The van der Waals surface area contributed by atoms with Crippen LogP contribution in [0.1, 0.15) is 35.9 Å². The number of fused-ring (bicyclic) bond motifs is 2. The second-order valence-electron chi connectivity index (χ2n) is 8.71. The van der Waals surface area contributed by atoms with E-state index in [-0.39, 0.29) is 17.1 Å². The van der Waals surface area contributed by atoms with Crippen LogP contribution in [0.25, 0.3) is 11.0 Å². The minimum atomic E-state index is -0.633. The van der Waals surface area contributed by atoms with Crippen molar-refractivity contribution in [2.75, 3.05) is 10.6 Å². The molecule has 1 aromatic heterocycles. The highest BCUT2D eigenvalue weighted by Gasteiger charge is 2.37. The molecule has 2 N–H and O–H groups in total. The number of hydrogen-bond acceptors (Lipinski definition) is 5. The van der Waals surface area contributed by atoms with Crippen LogP contribution in [0.4, 0.5) is 11.4 Å². The van der Waals surface area contributed by atoms with Crippen LogP contribution >= 0.6 is 11.6 Å². The zero-order chi connectivity index (χ0) is 23.2. The lowest BCUT2D eigenvalue weighted by atomic mass is 9.78. The van der Waals surface area contributed by atoms with Gasteiger partial charge < -0.3 is 15.1 Å². The van der Waals surface area contributed by atoms with Gasteiger partial charge in [0.1, 0.15) is 11.8 Å². The summed E-state index contributed by atoms with van der Waals surface area (Å²) in [4.78, 5) is 27.2. The predicted octanol–water partition coefficient (Wildman–Crippen LogP) is 6.43. The van der Waals surface area contributed by atoms with E-state index in [1.165, 1.54) is 6.26 Å². The number of ketones is 1. The molecule has 0 saturated carbocycles. The Morgan fingerprint density at radius 3 is 2.41 bits per heavy atom. The van der Waals surface area contributed by atoms with E-state index < -0.39 is 6.04 Å². The van der Waals surface area contributed by atoms with Gasteiger partial charge in [0.25, 0.3) is 0 Å². The summed E-state index contributed by atoms with van der Waals surface area (Å²) >= 11 is 6.48. The topological polar surface area (TPSA) is 71.3 Å². The summed E-state index contributed by atoms with van der Waals surface area (Å²) in [5.41, 5.74) is 4.79. The van der Waals surface area contributed by atoms with Crippen LogP contribution in [-0.4, -0.2) is 5.78 Å². The van der Waals surface area contributed by atoms with Gasteiger partial charge in [-0.25, -0.2) is 0 Å². The number of para-hydroxylation sites is 3. The summed E-state index contributed by atoms with van der Waals surface area (Å²) in [5, 5.41) is 8.09. The van der Waals surface area contributed by atoms with Gasteiger partial charge in [0.15, 0.2) is 11.2 Å². The van der Waals surface area contributed by atoms with Gasteiger partial charge in [-0.15, -0.1) is 0 Å². The quantitative estimate of drug-likeness (QED) is 0.355. The molecule has 0 unspecified atom stereocenters. The van der Waals surface area contributed by atoms with Crippen LogP contribution < -0.4 is 16.1 Å². The fourth-order valence-corrected chi connectivity index (χ4v) is 5.33. The van der Waals surface area contributed by atoms with Gasteiger partial charge in [-0.3, -0.25) is 9.59 Å². The molecule has 34 heavy (non-hydrogen) atoms. The van der Waals surface area contributed by atoms with Crippen molar-refractivity contribution in [2.45, 2.75) is 24.8 Å². The van der Waals surface area contributed by atoms with Crippen molar-refractivity contribution in [2.24, 2.45) is 0 Å². The van der Waals surface area contributed by atoms with E-state index >= 15 is 0 Å². The second kappa shape index (κ2) is 8.19. The highest BCUT2D eigenvalue weighted by Crippen LogP contribution is 2.44. The van der Waals surface area contributed by atoms with Crippen molar-refractivity contribution in [3.05, 3.63) is 117 Å². The maximum absolute atomic E-state index is 13.7. The molecule has 0 fully saturated rings. The van der Waals surface area contributed by atoms with Crippen molar-refractivity contribution in [1.29, 1.82) is 0 Å². The van der Waals surface area contributed by atoms with Crippen LogP contribution in [0.5, 0.6) is 0 Å². The number of anilines is 2. The molecule has 3 aromatic carbocycles. The van der Waals surface area contributed by atoms with Crippen molar-refractivity contribution < 1.29 is 9.21 Å². The standard InChI is InChI=1S/C28H21ClN2O3/c29-20-9-3-1-7-17(20)16-13-23-26(24(32)14-16)27(31-22-11-5-4-10-21(22)30-23)19-15-34-25-12-6-2-8-18(25)28(19)33/h1-12,15-16,27,30-31H,13-14H2/t16-,27+/m0/s1. The lowest BCUT2D eigenvalue weighted by molar-refractivity contribution is -0.116. The molecule has 1 aliphatic carbocycles. The van der Waals surface area contributed by atoms with Crippen LogP contribution in [0, 0.1) is 0 Å². The number of rotatable bonds is 2. The van der Waals surface area contributed by atoms with E-state index in [0.29, 0.717) is 40.0 Å². The molecule has 168 valence electrons. The van der Waals surface area contributed by atoms with E-state index in [0.717, 1.165) is 22.6 Å². The molecule has 6 heteroatoms. The van der Waals surface area contributed by atoms with E-state index in [9.17, 15) is 9.59 Å². The van der Waals surface area contributed by atoms with Crippen LogP contribution in [0.2, 0.25) is 5.02 Å². The fourth-order valence-electron chi connectivity index (χ4n) is 5.04. The van der Waals surface area contributed by atoms with Gasteiger partial charge in [-0.05, 0) is 48.2 Å². The average Bonchev–Trinajstić information content (AvgIpc) is 3.01. The van der Waals surface area contributed by atoms with Gasteiger partial charge >= 0.3 is 0 Å². The third-order valence-corrected chi connectivity index (χ3v) is 7.02. The highest BCUT2D eigenvalue weighted by atomic mass is 35.5. The van der Waals surface area contributed by atoms with Crippen molar-refractivity contribution in [3.8, 4) is 0 Å². The van der Waals surface area contributed by atoms with Gasteiger partial charge in [-0.2, -0.15) is 0 Å². The number of nitrogens with one attached hydrogen (secondary N) is 2. The molecule has 0 saturated heterocycles. The monoisotopic (exact) mass is 468 g/mol. The van der Waals surface area contributed by atoms with Gasteiger partial charge in [0, 0.05) is 22.7 Å². The zero-order valence-corrected chi connectivity index (χ0v) is 18.9. The molecule has 2 aliphatic rings. The summed E-state index contributed by atoms with van der Waals surface area (Å²) < 4.78 is 5.82. The van der Waals surface area contributed by atoms with Gasteiger partial charge in [0.05, 0.1) is 28.4 Å². The summed E-state index contributed by atoms with van der Waals surface area (Å²) in [6.07, 6.45) is 2.41. The summed E-state index contributed by atoms with van der Waals surface area (Å²) in [6.45, 7) is 0. The molecule has 0 amide bonds. The maximum atomic E-state index is 13.7. The molecule has 6 rings (SSSR count). The molecule has 2 atom stereocenters. The number of carbonyl (C=O) groups is 1. The molecule has 0 bridgehead atoms. The Balaban J connectivity index is 1.53. The number of hydrogen-bond donors (Lipinski definition) is 2. The van der Waals surface area contributed by atoms with Crippen molar-refractivity contribution in [3.63, 3.8) is 0 Å². The first-order valence-electron chi connectivity index (χ1n) is 11.2. The Labute approximate surface area is 201 Å². The van der Waals surface area contributed by atoms with Gasteiger partial charge in [-0.1, -0.05) is 54.1 Å². The molecular weight excluding hydrogens is 448 g/mol. The Morgan fingerprint density at radius 1 is 0.824 bits per heavy atom. The Bertz CT molecular complexity index is 1540. The number of halogens is 1. The Hall–Kier alpha value is -3.83. The highest BCUT2D eigenvalue weighted by molar-refractivity contribution is 6.31. The number of benzene rings is 3. The van der Waals surface area contributed by atoms with Crippen LogP contribution in [-0.2, 0) is 4.79 Å². The molecule has 4 aromatic rings. The maximum Gasteiger partial charge on any atom is 0.198 e. The number of Topliss-reactive ketones (excluding diaryl/α,β-unsaturated/α-hetero) is 1. The summed E-state index contributed by atoms with van der Waals surface area (Å²) in [6, 6.07) is 21.9. The first kappa shape index (κ1) is 20.8. The smallest absolute Gasteiger partial charge is 0.198 e. The summed E-state index contributed by atoms with van der Waals surface area (Å²) in [5.74, 6) is -0.0668. The first-order chi connectivity index (χ1) is 16.6. The lowest BCUT2D eigenvalue weighted by Crippen LogP contribution is -2.29. The minimum absolute atomic E-state index is 0.0171. The zero-order valence-electron chi connectivity index (χ0n) is 18.2. The predicted molar refractivity (Wildman–Crippen MR) is 134 cm³/mol. The second-order valence-corrected chi connectivity index (χ2v) is 9.11. The molecule has 5 nitrogen and oxygen atoms in total. The third-order valence-electron chi connectivity index (χ3n) is 6.67. The molecule has 0 radical (unpaired) electrons. The average molecular weight is 469 g/mol. The van der Waals surface area contributed by atoms with Crippen LogP contribution in [0.15, 0.2) is 99.5 Å². The van der Waals surface area contributed by atoms with E-state index in [4.69, 9.17) is 16.0 Å². The number of allylic oxidation sites excluding steroid dienone is 1. The molecular formula is C28H21ClN2O3. The van der Waals surface area contributed by atoms with E-state index in [1.54, 1.807) is 12.1 Å². The molecule has 1 aliphatic heterocycles.